The number of nitrogens with zero attached hydrogens (tertiary/aromatic N) is 1. The maximum Gasteiger partial charge on any atom is 0.363 e. The molecule has 5 nitrogen and oxygen atoms in total. The van der Waals surface area contributed by atoms with E-state index in [2.05, 4.69) is 15.9 Å². The van der Waals surface area contributed by atoms with Gasteiger partial charge in [-0.1, -0.05) is 15.9 Å². The van der Waals surface area contributed by atoms with Crippen LogP contribution < -0.4 is 0 Å². The number of hydrogen-bond donors (Lipinski definition) is 0. The SMILES string of the molecule is O=C(ON1C(=O)CCC1=O)c1ccc(Br)cc1. The number of hydrogen-bond acceptors (Lipinski definition) is 4. The van der Waals surface area contributed by atoms with Gasteiger partial charge in [0.1, 0.15) is 0 Å². The molecular weight excluding hydrogens is 290 g/mol. The Bertz CT molecular complexity index is 467. The van der Waals surface area contributed by atoms with Crippen molar-refractivity contribution >= 4 is 33.7 Å². The fraction of sp³-hybridized carbons (Fsp3) is 0.182. The quantitative estimate of drug-likeness (QED) is 0.779. The van der Waals surface area contributed by atoms with Crippen LogP contribution in [0.15, 0.2) is 28.7 Å². The molecule has 0 radical (unpaired) electrons. The van der Waals surface area contributed by atoms with Gasteiger partial charge in [0, 0.05) is 17.3 Å². The first-order chi connectivity index (χ1) is 8.08. The summed E-state index contributed by atoms with van der Waals surface area (Å²) in [6.45, 7) is 0. The number of carbonyl (C=O) groups is 3. The monoisotopic (exact) mass is 297 g/mol. The van der Waals surface area contributed by atoms with E-state index in [-0.39, 0.29) is 18.4 Å². The molecule has 0 aliphatic carbocycles. The highest BCUT2D eigenvalue weighted by Gasteiger charge is 2.33. The van der Waals surface area contributed by atoms with E-state index >= 15 is 0 Å². The molecule has 0 atom stereocenters. The Balaban J connectivity index is 2.09. The molecule has 88 valence electrons. The lowest BCUT2D eigenvalue weighted by atomic mass is 10.2. The lowest BCUT2D eigenvalue weighted by Crippen LogP contribution is -2.32. The highest BCUT2D eigenvalue weighted by molar-refractivity contribution is 9.10. The van der Waals surface area contributed by atoms with Crippen molar-refractivity contribution < 1.29 is 19.2 Å². The molecular formula is C11H8BrNO4. The highest BCUT2D eigenvalue weighted by atomic mass is 79.9. The number of amides is 2. The van der Waals surface area contributed by atoms with Gasteiger partial charge in [0.25, 0.3) is 11.8 Å². The van der Waals surface area contributed by atoms with Crippen LogP contribution in [0.2, 0.25) is 0 Å². The van der Waals surface area contributed by atoms with E-state index in [1.54, 1.807) is 12.1 Å². The van der Waals surface area contributed by atoms with Gasteiger partial charge in [0.05, 0.1) is 5.56 Å². The number of benzene rings is 1. The van der Waals surface area contributed by atoms with Crippen LogP contribution in [-0.2, 0) is 14.4 Å². The highest BCUT2D eigenvalue weighted by Crippen LogP contribution is 2.15. The Labute approximate surface area is 105 Å². The first-order valence-electron chi connectivity index (χ1n) is 4.91. The summed E-state index contributed by atoms with van der Waals surface area (Å²) in [5.41, 5.74) is 0.278. The second kappa shape index (κ2) is 4.67. The zero-order chi connectivity index (χ0) is 12.4. The number of imide groups is 1. The van der Waals surface area contributed by atoms with Crippen LogP contribution in [0.3, 0.4) is 0 Å². The summed E-state index contributed by atoms with van der Waals surface area (Å²) in [5.74, 6) is -1.69. The lowest BCUT2D eigenvalue weighted by molar-refractivity contribution is -0.172. The summed E-state index contributed by atoms with van der Waals surface area (Å²) in [7, 11) is 0. The van der Waals surface area contributed by atoms with Gasteiger partial charge in [0.15, 0.2) is 0 Å². The lowest BCUT2D eigenvalue weighted by Gasteiger charge is -2.12. The Kier molecular flexibility index (Phi) is 3.23. The normalized spacial score (nSPS) is 15.2. The number of rotatable bonds is 2. The van der Waals surface area contributed by atoms with Gasteiger partial charge >= 0.3 is 5.97 Å². The Morgan fingerprint density at radius 1 is 1.12 bits per heavy atom. The van der Waals surface area contributed by atoms with Gasteiger partial charge in [-0.3, -0.25) is 9.59 Å². The number of carbonyl (C=O) groups excluding carboxylic acids is 3. The molecule has 1 aromatic rings. The third-order valence-corrected chi connectivity index (χ3v) is 2.79. The molecule has 0 saturated carbocycles. The molecule has 1 aromatic carbocycles. The van der Waals surface area contributed by atoms with Crippen molar-refractivity contribution in [3.05, 3.63) is 34.3 Å². The van der Waals surface area contributed by atoms with E-state index in [0.717, 1.165) is 4.47 Å². The minimum absolute atomic E-state index is 0.0897. The fourth-order valence-electron chi connectivity index (χ4n) is 1.38. The van der Waals surface area contributed by atoms with Crippen molar-refractivity contribution in [1.29, 1.82) is 0 Å². The first-order valence-corrected chi connectivity index (χ1v) is 5.71. The Morgan fingerprint density at radius 2 is 1.65 bits per heavy atom. The van der Waals surface area contributed by atoms with Crippen LogP contribution in [0.25, 0.3) is 0 Å². The van der Waals surface area contributed by atoms with Gasteiger partial charge in [-0.05, 0) is 24.3 Å². The van der Waals surface area contributed by atoms with Gasteiger partial charge in [-0.2, -0.15) is 0 Å². The first kappa shape index (κ1) is 11.8. The molecule has 0 spiro atoms. The van der Waals surface area contributed by atoms with Crippen molar-refractivity contribution in [3.8, 4) is 0 Å². The number of hydroxylamine groups is 2. The van der Waals surface area contributed by atoms with Crippen molar-refractivity contribution in [2.24, 2.45) is 0 Å². The summed E-state index contributed by atoms with van der Waals surface area (Å²) >= 11 is 3.23. The smallest absolute Gasteiger partial charge is 0.325 e. The van der Waals surface area contributed by atoms with Crippen LogP contribution in [0.5, 0.6) is 0 Å². The molecule has 6 heteroatoms. The van der Waals surface area contributed by atoms with E-state index in [0.29, 0.717) is 5.06 Å². The second-order valence-electron chi connectivity index (χ2n) is 3.47. The van der Waals surface area contributed by atoms with Crippen molar-refractivity contribution in [2.45, 2.75) is 12.8 Å². The molecule has 0 bridgehead atoms. The zero-order valence-electron chi connectivity index (χ0n) is 8.68. The van der Waals surface area contributed by atoms with Crippen LogP contribution in [0, 0.1) is 0 Å². The molecule has 2 amide bonds. The average molecular weight is 298 g/mol. The van der Waals surface area contributed by atoms with E-state index in [9.17, 15) is 14.4 Å². The molecule has 1 heterocycles. The van der Waals surface area contributed by atoms with Gasteiger partial charge in [-0.25, -0.2) is 4.79 Å². The minimum Gasteiger partial charge on any atom is -0.325 e. The second-order valence-corrected chi connectivity index (χ2v) is 4.38. The molecule has 1 aliphatic heterocycles. The predicted molar refractivity (Wildman–Crippen MR) is 60.6 cm³/mol. The molecule has 1 aliphatic rings. The summed E-state index contributed by atoms with van der Waals surface area (Å²) < 4.78 is 0.822. The summed E-state index contributed by atoms with van der Waals surface area (Å²) in [6.07, 6.45) is 0.179. The van der Waals surface area contributed by atoms with E-state index in [1.807, 2.05) is 0 Å². The maximum absolute atomic E-state index is 11.6. The standard InChI is InChI=1S/C11H8BrNO4/c12-8-3-1-7(2-4-8)11(16)17-13-9(14)5-6-10(13)15/h1-4H,5-6H2. The van der Waals surface area contributed by atoms with Crippen LogP contribution in [0.4, 0.5) is 0 Å². The zero-order valence-corrected chi connectivity index (χ0v) is 10.3. The topological polar surface area (TPSA) is 63.7 Å². The summed E-state index contributed by atoms with van der Waals surface area (Å²) in [5, 5.41) is 0.532. The van der Waals surface area contributed by atoms with Crippen LogP contribution in [0.1, 0.15) is 23.2 Å². The summed E-state index contributed by atoms with van der Waals surface area (Å²) in [4.78, 5) is 38.8. The molecule has 17 heavy (non-hydrogen) atoms. The minimum atomic E-state index is -0.721. The van der Waals surface area contributed by atoms with Gasteiger partial charge in [-0.15, -0.1) is 5.06 Å². The number of halogens is 1. The van der Waals surface area contributed by atoms with Crippen molar-refractivity contribution in [3.63, 3.8) is 0 Å². The summed E-state index contributed by atoms with van der Waals surface area (Å²) in [6, 6.07) is 6.42. The Morgan fingerprint density at radius 3 is 2.18 bits per heavy atom. The van der Waals surface area contributed by atoms with Gasteiger partial charge in [0.2, 0.25) is 0 Å². The largest absolute Gasteiger partial charge is 0.363 e. The van der Waals surface area contributed by atoms with E-state index in [4.69, 9.17) is 4.84 Å². The molecule has 0 aromatic heterocycles. The van der Waals surface area contributed by atoms with E-state index in [1.165, 1.54) is 12.1 Å². The molecule has 0 unspecified atom stereocenters. The maximum atomic E-state index is 11.6. The predicted octanol–water partition coefficient (Wildman–Crippen LogP) is 1.67. The third kappa shape index (κ3) is 2.52. The van der Waals surface area contributed by atoms with Crippen molar-refractivity contribution in [1.82, 2.24) is 5.06 Å². The molecule has 1 fully saturated rings. The molecule has 2 rings (SSSR count). The van der Waals surface area contributed by atoms with Gasteiger partial charge < -0.3 is 4.84 Å². The average Bonchev–Trinajstić information content (AvgIpc) is 2.61. The molecule has 1 saturated heterocycles. The van der Waals surface area contributed by atoms with Crippen LogP contribution >= 0.6 is 15.9 Å². The molecule has 0 N–H and O–H groups in total. The Hall–Kier alpha value is -1.69. The third-order valence-electron chi connectivity index (χ3n) is 2.26. The van der Waals surface area contributed by atoms with Crippen LogP contribution in [-0.4, -0.2) is 22.8 Å². The fourth-order valence-corrected chi connectivity index (χ4v) is 1.64. The van der Waals surface area contributed by atoms with Crippen molar-refractivity contribution in [2.75, 3.05) is 0 Å². The van der Waals surface area contributed by atoms with E-state index < -0.39 is 17.8 Å².